The standard InChI is InChI=1S/C17H17Cl2N3OS2/c1-11-2-4-12(5-3-11)9-25-10-16(23)21-22-17(24)20-13-6-7-14(18)15(19)8-13/h2-8H,9-10H2,1H3,(H,21,23)(H2,20,22,24). The number of hydrogen-bond acceptors (Lipinski definition) is 3. The molecule has 0 atom stereocenters. The van der Waals surface area contributed by atoms with Gasteiger partial charge in [-0.2, -0.15) is 0 Å². The Balaban J connectivity index is 1.67. The van der Waals surface area contributed by atoms with Crippen molar-refractivity contribution >= 4 is 63.9 Å². The van der Waals surface area contributed by atoms with Crippen molar-refractivity contribution in [3.63, 3.8) is 0 Å². The lowest BCUT2D eigenvalue weighted by Gasteiger charge is -2.12. The summed E-state index contributed by atoms with van der Waals surface area (Å²) in [7, 11) is 0. The molecule has 0 heterocycles. The number of thiocarbonyl (C=S) groups is 1. The summed E-state index contributed by atoms with van der Waals surface area (Å²) in [4.78, 5) is 11.8. The van der Waals surface area contributed by atoms with E-state index < -0.39 is 0 Å². The van der Waals surface area contributed by atoms with Gasteiger partial charge in [0.05, 0.1) is 15.8 Å². The molecule has 0 saturated carbocycles. The summed E-state index contributed by atoms with van der Waals surface area (Å²) in [6.45, 7) is 2.05. The molecule has 132 valence electrons. The lowest BCUT2D eigenvalue weighted by atomic mass is 10.2. The number of rotatable bonds is 5. The molecule has 0 saturated heterocycles. The zero-order valence-electron chi connectivity index (χ0n) is 13.4. The highest BCUT2D eigenvalue weighted by Crippen LogP contribution is 2.24. The molecule has 2 aromatic carbocycles. The fourth-order valence-electron chi connectivity index (χ4n) is 1.84. The van der Waals surface area contributed by atoms with E-state index >= 15 is 0 Å². The van der Waals surface area contributed by atoms with Crippen molar-refractivity contribution in [1.82, 2.24) is 10.9 Å². The number of hydrogen-bond donors (Lipinski definition) is 3. The number of aryl methyl sites for hydroxylation is 1. The summed E-state index contributed by atoms with van der Waals surface area (Å²) in [5, 5.41) is 4.05. The Bertz CT molecular complexity index is 754. The number of thioether (sulfide) groups is 1. The number of benzene rings is 2. The Labute approximate surface area is 166 Å². The van der Waals surface area contributed by atoms with Gasteiger partial charge in [0.1, 0.15) is 0 Å². The van der Waals surface area contributed by atoms with Gasteiger partial charge in [-0.15, -0.1) is 11.8 Å². The van der Waals surface area contributed by atoms with E-state index in [4.69, 9.17) is 35.4 Å². The van der Waals surface area contributed by atoms with Crippen molar-refractivity contribution < 1.29 is 4.79 Å². The normalized spacial score (nSPS) is 10.2. The number of hydrazine groups is 1. The molecular weight excluding hydrogens is 397 g/mol. The highest BCUT2D eigenvalue weighted by atomic mass is 35.5. The molecule has 1 amide bonds. The van der Waals surface area contributed by atoms with Crippen LogP contribution in [0.25, 0.3) is 0 Å². The summed E-state index contributed by atoms with van der Waals surface area (Å²) in [6, 6.07) is 13.3. The molecule has 0 aliphatic carbocycles. The van der Waals surface area contributed by atoms with Crippen LogP contribution in [0.1, 0.15) is 11.1 Å². The molecule has 0 aliphatic rings. The number of amides is 1. The summed E-state index contributed by atoms with van der Waals surface area (Å²) >= 11 is 18.4. The minimum atomic E-state index is -0.157. The predicted octanol–water partition coefficient (Wildman–Crippen LogP) is 4.55. The van der Waals surface area contributed by atoms with Crippen molar-refractivity contribution in [2.45, 2.75) is 12.7 Å². The SMILES string of the molecule is Cc1ccc(CSCC(=O)NNC(=S)Nc2ccc(Cl)c(Cl)c2)cc1. The van der Waals surface area contributed by atoms with E-state index in [1.165, 1.54) is 22.9 Å². The van der Waals surface area contributed by atoms with Gasteiger partial charge in [-0.25, -0.2) is 0 Å². The van der Waals surface area contributed by atoms with Gasteiger partial charge in [0.2, 0.25) is 5.91 Å². The minimum absolute atomic E-state index is 0.157. The average molecular weight is 414 g/mol. The fourth-order valence-corrected chi connectivity index (χ4v) is 3.10. The lowest BCUT2D eigenvalue weighted by molar-refractivity contribution is -0.119. The van der Waals surface area contributed by atoms with E-state index in [1.54, 1.807) is 18.2 Å². The Morgan fingerprint density at radius 2 is 1.80 bits per heavy atom. The van der Waals surface area contributed by atoms with E-state index in [1.807, 2.05) is 6.92 Å². The number of anilines is 1. The number of carbonyl (C=O) groups excluding carboxylic acids is 1. The first-order valence-corrected chi connectivity index (χ1v) is 9.70. The van der Waals surface area contributed by atoms with Crippen LogP contribution in [0.5, 0.6) is 0 Å². The molecule has 0 aliphatic heterocycles. The molecule has 3 N–H and O–H groups in total. The molecule has 2 rings (SSSR count). The zero-order chi connectivity index (χ0) is 18.2. The van der Waals surface area contributed by atoms with Gasteiger partial charge in [0.25, 0.3) is 0 Å². The number of carbonyl (C=O) groups is 1. The molecule has 25 heavy (non-hydrogen) atoms. The first kappa shape index (κ1) is 19.8. The molecular formula is C17H17Cl2N3OS2. The van der Waals surface area contributed by atoms with Gasteiger partial charge in [-0.1, -0.05) is 53.0 Å². The zero-order valence-corrected chi connectivity index (χ0v) is 16.6. The van der Waals surface area contributed by atoms with Crippen molar-refractivity contribution in [2.75, 3.05) is 11.1 Å². The maximum Gasteiger partial charge on any atom is 0.248 e. The maximum absolute atomic E-state index is 11.8. The van der Waals surface area contributed by atoms with Crippen LogP contribution in [-0.4, -0.2) is 16.8 Å². The van der Waals surface area contributed by atoms with Crippen molar-refractivity contribution in [2.24, 2.45) is 0 Å². The van der Waals surface area contributed by atoms with Crippen LogP contribution in [0, 0.1) is 6.92 Å². The second-order valence-corrected chi connectivity index (χ2v) is 7.44. The highest BCUT2D eigenvalue weighted by Gasteiger charge is 2.05. The van der Waals surface area contributed by atoms with E-state index in [2.05, 4.69) is 40.4 Å². The van der Waals surface area contributed by atoms with Crippen LogP contribution in [0.4, 0.5) is 5.69 Å². The summed E-state index contributed by atoms with van der Waals surface area (Å²) in [6.07, 6.45) is 0. The molecule has 0 bridgehead atoms. The summed E-state index contributed by atoms with van der Waals surface area (Å²) in [5.41, 5.74) is 8.29. The minimum Gasteiger partial charge on any atom is -0.331 e. The van der Waals surface area contributed by atoms with Gasteiger partial charge in [-0.05, 0) is 42.9 Å². The van der Waals surface area contributed by atoms with E-state index in [0.717, 1.165) is 5.75 Å². The van der Waals surface area contributed by atoms with Crippen molar-refractivity contribution in [3.05, 3.63) is 63.6 Å². The topological polar surface area (TPSA) is 53.2 Å². The molecule has 0 fully saturated rings. The predicted molar refractivity (Wildman–Crippen MR) is 111 cm³/mol. The van der Waals surface area contributed by atoms with Crippen LogP contribution < -0.4 is 16.2 Å². The monoisotopic (exact) mass is 413 g/mol. The smallest absolute Gasteiger partial charge is 0.248 e. The third-order valence-electron chi connectivity index (χ3n) is 3.12. The first-order valence-electron chi connectivity index (χ1n) is 7.38. The van der Waals surface area contributed by atoms with Crippen LogP contribution in [0.15, 0.2) is 42.5 Å². The molecule has 0 spiro atoms. The third kappa shape index (κ3) is 7.12. The second kappa shape index (κ2) is 9.87. The summed E-state index contributed by atoms with van der Waals surface area (Å²) < 4.78 is 0. The van der Waals surface area contributed by atoms with Gasteiger partial charge < -0.3 is 5.32 Å². The van der Waals surface area contributed by atoms with Gasteiger partial charge in [0, 0.05) is 11.4 Å². The van der Waals surface area contributed by atoms with E-state index in [0.29, 0.717) is 21.5 Å². The Hall–Kier alpha value is -1.47. The molecule has 0 aromatic heterocycles. The molecule has 8 heteroatoms. The van der Waals surface area contributed by atoms with Crippen molar-refractivity contribution in [3.8, 4) is 0 Å². The van der Waals surface area contributed by atoms with Gasteiger partial charge in [-0.3, -0.25) is 15.6 Å². The highest BCUT2D eigenvalue weighted by molar-refractivity contribution is 7.99. The van der Waals surface area contributed by atoms with Crippen LogP contribution >= 0.6 is 47.2 Å². The quantitative estimate of drug-likeness (QED) is 0.495. The fraction of sp³-hybridized carbons (Fsp3) is 0.176. The van der Waals surface area contributed by atoms with Crippen LogP contribution in [0.2, 0.25) is 10.0 Å². The molecule has 2 aromatic rings. The largest absolute Gasteiger partial charge is 0.331 e. The molecule has 0 unspecified atom stereocenters. The third-order valence-corrected chi connectivity index (χ3v) is 5.06. The van der Waals surface area contributed by atoms with Crippen molar-refractivity contribution in [1.29, 1.82) is 0 Å². The molecule has 4 nitrogen and oxygen atoms in total. The van der Waals surface area contributed by atoms with E-state index in [9.17, 15) is 4.79 Å². The van der Waals surface area contributed by atoms with E-state index in [-0.39, 0.29) is 11.0 Å². The first-order chi connectivity index (χ1) is 11.9. The number of halogens is 2. The average Bonchev–Trinajstić information content (AvgIpc) is 2.58. The Morgan fingerprint density at radius 1 is 1.08 bits per heavy atom. The van der Waals surface area contributed by atoms with Crippen LogP contribution in [-0.2, 0) is 10.5 Å². The Kier molecular flexibility index (Phi) is 7.84. The number of nitrogens with one attached hydrogen (secondary N) is 3. The second-order valence-electron chi connectivity index (χ2n) is 5.23. The summed E-state index contributed by atoms with van der Waals surface area (Å²) in [5.74, 6) is 0.950. The van der Waals surface area contributed by atoms with Gasteiger partial charge >= 0.3 is 0 Å². The maximum atomic E-state index is 11.8. The lowest BCUT2D eigenvalue weighted by Crippen LogP contribution is -2.44. The van der Waals surface area contributed by atoms with Gasteiger partial charge in [0.15, 0.2) is 5.11 Å². The van der Waals surface area contributed by atoms with Crippen LogP contribution in [0.3, 0.4) is 0 Å². The Morgan fingerprint density at radius 3 is 2.48 bits per heavy atom. The molecule has 0 radical (unpaired) electrons.